The number of carbonyl (C=O) groups is 1. The summed E-state index contributed by atoms with van der Waals surface area (Å²) in [5.41, 5.74) is 1.06. The zero-order valence-corrected chi connectivity index (χ0v) is 17.7. The van der Waals surface area contributed by atoms with Crippen molar-refractivity contribution in [2.45, 2.75) is 32.5 Å². The van der Waals surface area contributed by atoms with E-state index in [2.05, 4.69) is 11.8 Å². The van der Waals surface area contributed by atoms with Gasteiger partial charge in [-0.1, -0.05) is 23.7 Å². The van der Waals surface area contributed by atoms with Gasteiger partial charge in [-0.3, -0.25) is 9.69 Å². The Morgan fingerprint density at radius 1 is 1.10 bits per heavy atom. The highest BCUT2D eigenvalue weighted by molar-refractivity contribution is 6.30. The van der Waals surface area contributed by atoms with Crippen molar-refractivity contribution in [1.29, 1.82) is 0 Å². The quantitative estimate of drug-likeness (QED) is 0.708. The zero-order valence-electron chi connectivity index (χ0n) is 16.9. The molecule has 1 saturated heterocycles. The SMILES string of the molecule is COc1cc(Cl)ccc1OCC(=O)N1CC(C)N(Cc2ccc(F)cc2)CC1C. The van der Waals surface area contributed by atoms with Gasteiger partial charge in [-0.25, -0.2) is 4.39 Å². The van der Waals surface area contributed by atoms with Crippen LogP contribution in [0.5, 0.6) is 11.5 Å². The van der Waals surface area contributed by atoms with E-state index in [4.69, 9.17) is 21.1 Å². The lowest BCUT2D eigenvalue weighted by molar-refractivity contribution is -0.139. The summed E-state index contributed by atoms with van der Waals surface area (Å²) in [5, 5.41) is 0.542. The Morgan fingerprint density at radius 2 is 1.83 bits per heavy atom. The second-order valence-electron chi connectivity index (χ2n) is 7.38. The Balaban J connectivity index is 1.58. The van der Waals surface area contributed by atoms with Crippen LogP contribution in [0.25, 0.3) is 0 Å². The normalized spacial score (nSPS) is 19.8. The molecule has 1 aliphatic rings. The number of halogens is 2. The Labute approximate surface area is 176 Å². The van der Waals surface area contributed by atoms with Crippen LogP contribution in [-0.2, 0) is 11.3 Å². The fraction of sp³-hybridized carbons (Fsp3) is 0.409. The van der Waals surface area contributed by atoms with Crippen molar-refractivity contribution in [1.82, 2.24) is 9.80 Å². The van der Waals surface area contributed by atoms with Gasteiger partial charge in [0.05, 0.1) is 7.11 Å². The van der Waals surface area contributed by atoms with Crippen LogP contribution < -0.4 is 9.47 Å². The molecule has 3 rings (SSSR count). The molecule has 1 aliphatic heterocycles. The van der Waals surface area contributed by atoms with Gasteiger partial charge >= 0.3 is 0 Å². The maximum absolute atomic E-state index is 13.1. The molecule has 0 radical (unpaired) electrons. The lowest BCUT2D eigenvalue weighted by Crippen LogP contribution is -2.58. The number of hydrogen-bond acceptors (Lipinski definition) is 4. The highest BCUT2D eigenvalue weighted by atomic mass is 35.5. The summed E-state index contributed by atoms with van der Waals surface area (Å²) in [5.74, 6) is 0.683. The van der Waals surface area contributed by atoms with Crippen molar-refractivity contribution in [2.24, 2.45) is 0 Å². The van der Waals surface area contributed by atoms with Crippen molar-refractivity contribution < 1.29 is 18.7 Å². The van der Waals surface area contributed by atoms with Gasteiger partial charge in [-0.05, 0) is 43.7 Å². The smallest absolute Gasteiger partial charge is 0.260 e. The molecule has 156 valence electrons. The first-order valence-corrected chi connectivity index (χ1v) is 9.99. The van der Waals surface area contributed by atoms with E-state index >= 15 is 0 Å². The van der Waals surface area contributed by atoms with E-state index in [9.17, 15) is 9.18 Å². The molecule has 5 nitrogen and oxygen atoms in total. The summed E-state index contributed by atoms with van der Waals surface area (Å²) in [6.45, 7) is 6.15. The van der Waals surface area contributed by atoms with Gasteiger partial charge in [0, 0.05) is 42.8 Å². The highest BCUT2D eigenvalue weighted by Crippen LogP contribution is 2.30. The van der Waals surface area contributed by atoms with Crippen molar-refractivity contribution in [2.75, 3.05) is 26.8 Å². The maximum Gasteiger partial charge on any atom is 0.260 e. The van der Waals surface area contributed by atoms with E-state index in [1.807, 2.05) is 11.8 Å². The molecule has 0 bridgehead atoms. The molecule has 7 heteroatoms. The number of ether oxygens (including phenoxy) is 2. The number of methoxy groups -OCH3 is 1. The first-order chi connectivity index (χ1) is 13.9. The highest BCUT2D eigenvalue weighted by Gasteiger charge is 2.32. The summed E-state index contributed by atoms with van der Waals surface area (Å²) in [7, 11) is 1.53. The Kier molecular flexibility index (Phi) is 6.98. The maximum atomic E-state index is 13.1. The van der Waals surface area contributed by atoms with Crippen LogP contribution in [0.2, 0.25) is 5.02 Å². The second kappa shape index (κ2) is 9.46. The Bertz CT molecular complexity index is 846. The minimum atomic E-state index is -0.233. The van der Waals surface area contributed by atoms with Gasteiger partial charge in [0.1, 0.15) is 5.82 Å². The van der Waals surface area contributed by atoms with Crippen LogP contribution in [0, 0.1) is 5.82 Å². The number of piperazine rings is 1. The lowest BCUT2D eigenvalue weighted by Gasteiger charge is -2.44. The third-order valence-corrected chi connectivity index (χ3v) is 5.45. The molecule has 0 N–H and O–H groups in total. The average molecular weight is 421 g/mol. The van der Waals surface area contributed by atoms with Gasteiger partial charge in [0.2, 0.25) is 0 Å². The monoisotopic (exact) mass is 420 g/mol. The Morgan fingerprint density at radius 3 is 2.52 bits per heavy atom. The summed E-state index contributed by atoms with van der Waals surface area (Å²) in [4.78, 5) is 16.9. The van der Waals surface area contributed by atoms with Crippen LogP contribution in [0.4, 0.5) is 4.39 Å². The van der Waals surface area contributed by atoms with E-state index < -0.39 is 0 Å². The summed E-state index contributed by atoms with van der Waals surface area (Å²) >= 11 is 5.96. The molecule has 2 unspecified atom stereocenters. The third kappa shape index (κ3) is 5.40. The largest absolute Gasteiger partial charge is 0.493 e. The van der Waals surface area contributed by atoms with E-state index in [1.165, 1.54) is 19.2 Å². The number of amides is 1. The molecule has 2 aromatic carbocycles. The lowest BCUT2D eigenvalue weighted by atomic mass is 10.1. The number of benzene rings is 2. The molecule has 29 heavy (non-hydrogen) atoms. The Hall–Kier alpha value is -2.31. The van der Waals surface area contributed by atoms with Crippen LogP contribution in [0.15, 0.2) is 42.5 Å². The third-order valence-electron chi connectivity index (χ3n) is 5.21. The minimum absolute atomic E-state index is 0.0508. The summed E-state index contributed by atoms with van der Waals surface area (Å²) < 4.78 is 24.1. The van der Waals surface area contributed by atoms with Gasteiger partial charge in [0.15, 0.2) is 18.1 Å². The predicted molar refractivity (Wildman–Crippen MR) is 111 cm³/mol. The van der Waals surface area contributed by atoms with Gasteiger partial charge in [0.25, 0.3) is 5.91 Å². The first-order valence-electron chi connectivity index (χ1n) is 9.61. The standard InChI is InChI=1S/C22H26ClFN2O3/c1-15-12-26(16(2)11-25(15)13-17-4-7-19(24)8-5-17)22(27)14-29-20-9-6-18(23)10-21(20)28-3/h4-10,15-16H,11-14H2,1-3H3. The van der Waals surface area contributed by atoms with E-state index in [0.717, 1.165) is 18.7 Å². The molecule has 2 atom stereocenters. The molecule has 0 aromatic heterocycles. The van der Waals surface area contributed by atoms with Gasteiger partial charge < -0.3 is 14.4 Å². The van der Waals surface area contributed by atoms with E-state index in [-0.39, 0.29) is 30.4 Å². The number of nitrogens with zero attached hydrogens (tertiary/aromatic N) is 2. The molecule has 1 heterocycles. The molecule has 1 amide bonds. The summed E-state index contributed by atoms with van der Waals surface area (Å²) in [6.07, 6.45) is 0. The van der Waals surface area contributed by atoms with E-state index in [1.54, 1.807) is 30.3 Å². The van der Waals surface area contributed by atoms with Gasteiger partial charge in [-0.2, -0.15) is 0 Å². The van der Waals surface area contributed by atoms with Crippen molar-refractivity contribution >= 4 is 17.5 Å². The molecule has 1 fully saturated rings. The van der Waals surface area contributed by atoms with Crippen LogP contribution in [0.3, 0.4) is 0 Å². The van der Waals surface area contributed by atoms with Crippen molar-refractivity contribution in [3.63, 3.8) is 0 Å². The fourth-order valence-electron chi connectivity index (χ4n) is 3.57. The molecular formula is C22H26ClFN2O3. The van der Waals surface area contributed by atoms with Crippen molar-refractivity contribution in [3.05, 3.63) is 58.9 Å². The molecule has 0 aliphatic carbocycles. The van der Waals surface area contributed by atoms with Crippen LogP contribution in [0.1, 0.15) is 19.4 Å². The number of rotatable bonds is 6. The van der Waals surface area contributed by atoms with Crippen LogP contribution >= 0.6 is 11.6 Å². The fourth-order valence-corrected chi connectivity index (χ4v) is 3.74. The molecule has 0 spiro atoms. The molecule has 0 saturated carbocycles. The van der Waals surface area contributed by atoms with Gasteiger partial charge in [-0.15, -0.1) is 0 Å². The van der Waals surface area contributed by atoms with E-state index in [0.29, 0.717) is 23.1 Å². The number of carbonyl (C=O) groups excluding carboxylic acids is 1. The molecule has 2 aromatic rings. The molecular weight excluding hydrogens is 395 g/mol. The second-order valence-corrected chi connectivity index (χ2v) is 7.82. The first kappa shape index (κ1) is 21.4. The average Bonchev–Trinajstić information content (AvgIpc) is 2.70. The predicted octanol–water partition coefficient (Wildman–Crippen LogP) is 3.99. The topological polar surface area (TPSA) is 42.0 Å². The summed E-state index contributed by atoms with van der Waals surface area (Å²) in [6, 6.07) is 11.8. The van der Waals surface area contributed by atoms with Crippen molar-refractivity contribution in [3.8, 4) is 11.5 Å². The zero-order chi connectivity index (χ0) is 21.0. The minimum Gasteiger partial charge on any atom is -0.493 e. The van der Waals surface area contributed by atoms with Crippen LogP contribution in [-0.4, -0.2) is 54.6 Å². The number of hydrogen-bond donors (Lipinski definition) is 0.